The zero-order valence-electron chi connectivity index (χ0n) is 15.3. The predicted octanol–water partition coefficient (Wildman–Crippen LogP) is 3.33. The molecule has 1 atom stereocenters. The van der Waals surface area contributed by atoms with Gasteiger partial charge in [-0.05, 0) is 42.7 Å². The van der Waals surface area contributed by atoms with Gasteiger partial charge < -0.3 is 14.8 Å². The molecule has 0 unspecified atom stereocenters. The minimum Gasteiger partial charge on any atom is -0.367 e. The third-order valence-electron chi connectivity index (χ3n) is 5.10. The van der Waals surface area contributed by atoms with Gasteiger partial charge in [0.2, 0.25) is 0 Å². The number of carbonyl (C=O) groups is 1. The molecule has 0 radical (unpaired) electrons. The largest absolute Gasteiger partial charge is 0.367 e. The molecule has 2 aromatic carbocycles. The maximum absolute atomic E-state index is 12.5. The highest BCUT2D eigenvalue weighted by Gasteiger charge is 2.25. The molecular formula is C22H24N4O. The number of imidazole rings is 1. The van der Waals surface area contributed by atoms with Crippen LogP contribution in [0.4, 0.5) is 5.69 Å². The lowest BCUT2D eigenvalue weighted by Gasteiger charge is -2.27. The molecule has 5 heteroatoms. The number of benzene rings is 2. The van der Waals surface area contributed by atoms with E-state index in [2.05, 4.69) is 39.5 Å². The van der Waals surface area contributed by atoms with Crippen molar-refractivity contribution in [1.29, 1.82) is 0 Å². The molecule has 1 amide bonds. The van der Waals surface area contributed by atoms with E-state index in [1.165, 1.54) is 12.1 Å². The van der Waals surface area contributed by atoms with Crippen LogP contribution in [0.3, 0.4) is 0 Å². The van der Waals surface area contributed by atoms with Crippen molar-refractivity contribution in [3.05, 3.63) is 84.4 Å². The van der Waals surface area contributed by atoms with E-state index in [-0.39, 0.29) is 5.91 Å². The van der Waals surface area contributed by atoms with Crippen LogP contribution in [0.2, 0.25) is 0 Å². The van der Waals surface area contributed by atoms with Crippen molar-refractivity contribution in [2.45, 2.75) is 25.4 Å². The summed E-state index contributed by atoms with van der Waals surface area (Å²) in [6.07, 6.45) is 7.77. The molecule has 1 fully saturated rings. The quantitative estimate of drug-likeness (QED) is 0.734. The van der Waals surface area contributed by atoms with Gasteiger partial charge in [-0.15, -0.1) is 0 Å². The van der Waals surface area contributed by atoms with Crippen LogP contribution in [0.25, 0.3) is 0 Å². The smallest absolute Gasteiger partial charge is 0.251 e. The van der Waals surface area contributed by atoms with Gasteiger partial charge in [-0.1, -0.05) is 30.3 Å². The normalized spacial score (nSPS) is 16.4. The minimum absolute atomic E-state index is 0.0101. The zero-order chi connectivity index (χ0) is 18.5. The molecule has 5 nitrogen and oxygen atoms in total. The van der Waals surface area contributed by atoms with Gasteiger partial charge in [0.15, 0.2) is 0 Å². The Labute approximate surface area is 159 Å². The lowest BCUT2D eigenvalue weighted by atomic mass is 10.1. The van der Waals surface area contributed by atoms with Crippen molar-refractivity contribution >= 4 is 11.6 Å². The highest BCUT2D eigenvalue weighted by atomic mass is 16.1. The third kappa shape index (κ3) is 4.19. The lowest BCUT2D eigenvalue weighted by molar-refractivity contribution is 0.0951. The SMILES string of the molecule is O=C(NC[C@H]1CCCN1c1ccccc1)c1ccc(Cn2ccnc2)cc1. The van der Waals surface area contributed by atoms with Crippen molar-refractivity contribution in [2.75, 3.05) is 18.0 Å². The second kappa shape index (κ2) is 8.08. The van der Waals surface area contributed by atoms with Crippen molar-refractivity contribution in [1.82, 2.24) is 14.9 Å². The van der Waals surface area contributed by atoms with Gasteiger partial charge in [0, 0.05) is 49.3 Å². The topological polar surface area (TPSA) is 50.2 Å². The minimum atomic E-state index is -0.0101. The zero-order valence-corrected chi connectivity index (χ0v) is 15.3. The first-order valence-corrected chi connectivity index (χ1v) is 9.44. The summed E-state index contributed by atoms with van der Waals surface area (Å²) in [5.41, 5.74) is 3.09. The molecule has 2 heterocycles. The number of rotatable bonds is 6. The van der Waals surface area contributed by atoms with E-state index in [4.69, 9.17) is 0 Å². The Kier molecular flexibility index (Phi) is 5.19. The summed E-state index contributed by atoms with van der Waals surface area (Å²) in [5.74, 6) is -0.0101. The maximum atomic E-state index is 12.5. The molecule has 138 valence electrons. The van der Waals surface area contributed by atoms with Crippen LogP contribution in [-0.4, -0.2) is 34.6 Å². The number of nitrogens with zero attached hydrogens (tertiary/aromatic N) is 3. The lowest BCUT2D eigenvalue weighted by Crippen LogP contribution is -2.40. The molecule has 0 aliphatic carbocycles. The molecule has 3 aromatic rings. The van der Waals surface area contributed by atoms with E-state index in [0.29, 0.717) is 18.2 Å². The number of hydrogen-bond donors (Lipinski definition) is 1. The predicted molar refractivity (Wildman–Crippen MR) is 107 cm³/mol. The summed E-state index contributed by atoms with van der Waals surface area (Å²) in [7, 11) is 0. The molecule has 4 rings (SSSR count). The molecule has 1 aromatic heterocycles. The van der Waals surface area contributed by atoms with Crippen molar-refractivity contribution < 1.29 is 4.79 Å². The fourth-order valence-electron chi connectivity index (χ4n) is 3.67. The molecule has 1 saturated heterocycles. The average Bonchev–Trinajstić information content (AvgIpc) is 3.39. The van der Waals surface area contributed by atoms with Crippen LogP contribution in [0.5, 0.6) is 0 Å². The number of amides is 1. The Morgan fingerprint density at radius 3 is 2.67 bits per heavy atom. The standard InChI is InChI=1S/C22H24N4O/c27-22(19-10-8-18(9-11-19)16-25-14-12-23-17-25)24-15-21-7-4-13-26(21)20-5-2-1-3-6-20/h1-3,5-6,8-12,14,17,21H,4,7,13,15-16H2,(H,24,27)/t21-/m1/s1. The van der Waals surface area contributed by atoms with Crippen LogP contribution in [-0.2, 0) is 6.54 Å². The van der Waals surface area contributed by atoms with Crippen molar-refractivity contribution in [3.63, 3.8) is 0 Å². The third-order valence-corrected chi connectivity index (χ3v) is 5.10. The molecule has 0 saturated carbocycles. The number of aromatic nitrogens is 2. The Morgan fingerprint density at radius 2 is 1.93 bits per heavy atom. The summed E-state index contributed by atoms with van der Waals surface area (Å²) >= 11 is 0. The molecule has 0 spiro atoms. The molecule has 1 aliphatic heterocycles. The van der Waals surface area contributed by atoms with Gasteiger partial charge in [-0.2, -0.15) is 0 Å². The first-order valence-electron chi connectivity index (χ1n) is 9.44. The molecule has 27 heavy (non-hydrogen) atoms. The Bertz CT molecular complexity index is 859. The molecule has 1 aliphatic rings. The summed E-state index contributed by atoms with van der Waals surface area (Å²) in [5, 5.41) is 3.11. The van der Waals surface area contributed by atoms with Crippen LogP contribution in [0.15, 0.2) is 73.3 Å². The second-order valence-electron chi connectivity index (χ2n) is 6.97. The monoisotopic (exact) mass is 360 g/mol. The van der Waals surface area contributed by atoms with E-state index >= 15 is 0 Å². The summed E-state index contributed by atoms with van der Waals surface area (Å²) < 4.78 is 2.01. The van der Waals surface area contributed by atoms with E-state index in [1.807, 2.05) is 41.1 Å². The number of hydrogen-bond acceptors (Lipinski definition) is 3. The van der Waals surface area contributed by atoms with Crippen molar-refractivity contribution in [3.8, 4) is 0 Å². The summed E-state index contributed by atoms with van der Waals surface area (Å²) in [6, 6.07) is 18.6. The first kappa shape index (κ1) is 17.3. The van der Waals surface area contributed by atoms with Gasteiger partial charge in [0.05, 0.1) is 6.33 Å². The van der Waals surface area contributed by atoms with E-state index in [9.17, 15) is 4.79 Å². The highest BCUT2D eigenvalue weighted by molar-refractivity contribution is 5.94. The van der Waals surface area contributed by atoms with E-state index in [0.717, 1.165) is 25.1 Å². The number of nitrogens with one attached hydrogen (secondary N) is 1. The maximum Gasteiger partial charge on any atom is 0.251 e. The van der Waals surface area contributed by atoms with Crippen LogP contribution >= 0.6 is 0 Å². The number of carbonyl (C=O) groups excluding carboxylic acids is 1. The van der Waals surface area contributed by atoms with Gasteiger partial charge in [0.25, 0.3) is 5.91 Å². The van der Waals surface area contributed by atoms with Gasteiger partial charge in [-0.3, -0.25) is 4.79 Å². The molecule has 1 N–H and O–H groups in total. The Hall–Kier alpha value is -3.08. The summed E-state index contributed by atoms with van der Waals surface area (Å²) in [4.78, 5) is 19.0. The second-order valence-corrected chi connectivity index (χ2v) is 6.97. The van der Waals surface area contributed by atoms with Crippen LogP contribution in [0.1, 0.15) is 28.8 Å². The number of para-hydroxylation sites is 1. The fourth-order valence-corrected chi connectivity index (χ4v) is 3.67. The number of anilines is 1. The van der Waals surface area contributed by atoms with E-state index in [1.54, 1.807) is 12.5 Å². The van der Waals surface area contributed by atoms with Gasteiger partial charge >= 0.3 is 0 Å². The van der Waals surface area contributed by atoms with Crippen molar-refractivity contribution in [2.24, 2.45) is 0 Å². The molecular weight excluding hydrogens is 336 g/mol. The van der Waals surface area contributed by atoms with E-state index < -0.39 is 0 Å². The summed E-state index contributed by atoms with van der Waals surface area (Å²) in [6.45, 7) is 2.48. The average molecular weight is 360 g/mol. The van der Waals surface area contributed by atoms with Crippen LogP contribution < -0.4 is 10.2 Å². The fraction of sp³-hybridized carbons (Fsp3) is 0.273. The Balaban J connectivity index is 1.33. The molecule has 0 bridgehead atoms. The van der Waals surface area contributed by atoms with Gasteiger partial charge in [0.1, 0.15) is 0 Å². The first-order chi connectivity index (χ1) is 13.3. The van der Waals surface area contributed by atoms with Crippen LogP contribution in [0, 0.1) is 0 Å². The van der Waals surface area contributed by atoms with Gasteiger partial charge in [-0.25, -0.2) is 4.98 Å². The highest BCUT2D eigenvalue weighted by Crippen LogP contribution is 2.24. The Morgan fingerprint density at radius 1 is 1.11 bits per heavy atom.